The molecule has 1 fully saturated rings. The molecule has 0 atom stereocenters. The summed E-state index contributed by atoms with van der Waals surface area (Å²) in [6, 6.07) is 7.25. The fourth-order valence-corrected chi connectivity index (χ4v) is 3.70. The summed E-state index contributed by atoms with van der Waals surface area (Å²) in [5, 5.41) is 11.2. The van der Waals surface area contributed by atoms with Crippen LogP contribution in [-0.2, 0) is 16.0 Å². The van der Waals surface area contributed by atoms with Crippen molar-refractivity contribution in [3.05, 3.63) is 40.3 Å². The number of carbonyl (C=O) groups is 1. The summed E-state index contributed by atoms with van der Waals surface area (Å²) in [6.45, 7) is 4.35. The Morgan fingerprint density at radius 2 is 1.90 bits per heavy atom. The van der Waals surface area contributed by atoms with Gasteiger partial charge in [0.05, 0.1) is 6.61 Å². The first-order chi connectivity index (χ1) is 15.2. The highest BCUT2D eigenvalue weighted by Crippen LogP contribution is 2.22. The predicted octanol–water partition coefficient (Wildman–Crippen LogP) is 2.88. The molecule has 3 rings (SSSR count). The Balaban J connectivity index is 1.47. The van der Waals surface area contributed by atoms with Gasteiger partial charge in [0.1, 0.15) is 18.1 Å². The molecule has 1 saturated carbocycles. The molecule has 168 valence electrons. The molecule has 8 nitrogen and oxygen atoms in total. The minimum Gasteiger partial charge on any atom is -0.491 e. The van der Waals surface area contributed by atoms with E-state index in [0.717, 1.165) is 17.9 Å². The lowest BCUT2D eigenvalue weighted by Gasteiger charge is -2.21. The summed E-state index contributed by atoms with van der Waals surface area (Å²) in [5.41, 5.74) is 0.688. The number of hydrogen-bond donors (Lipinski definition) is 2. The lowest BCUT2D eigenvalue weighted by Crippen LogP contribution is -2.31. The molecular weight excluding hydrogens is 396 g/mol. The number of nitrogens with one attached hydrogen (secondary N) is 2. The van der Waals surface area contributed by atoms with Crippen LogP contribution < -0.4 is 15.6 Å². The monoisotopic (exact) mass is 428 g/mol. The average Bonchev–Trinajstić information content (AvgIpc) is 2.81. The number of benzene rings is 1. The van der Waals surface area contributed by atoms with Crippen LogP contribution in [0.4, 0.5) is 0 Å². The van der Waals surface area contributed by atoms with Crippen molar-refractivity contribution in [2.45, 2.75) is 51.9 Å². The van der Waals surface area contributed by atoms with Gasteiger partial charge >= 0.3 is 0 Å². The number of nitrogens with zero attached hydrogens (tertiary/aromatic N) is 2. The summed E-state index contributed by atoms with van der Waals surface area (Å²) < 4.78 is 10.8. The molecule has 1 aliphatic rings. The Morgan fingerprint density at radius 1 is 1.13 bits per heavy atom. The fraction of sp³-hybridized carbons (Fsp3) is 0.565. The van der Waals surface area contributed by atoms with Crippen LogP contribution in [0.5, 0.6) is 5.75 Å². The van der Waals surface area contributed by atoms with Gasteiger partial charge in [0, 0.05) is 31.6 Å². The van der Waals surface area contributed by atoms with E-state index in [2.05, 4.69) is 20.5 Å². The third kappa shape index (κ3) is 7.47. The first kappa shape index (κ1) is 22.9. The molecular formula is C23H32N4O4. The number of ether oxygens (including phenoxy) is 2. The van der Waals surface area contributed by atoms with E-state index in [-0.39, 0.29) is 30.0 Å². The number of aromatic amines is 1. The van der Waals surface area contributed by atoms with Crippen molar-refractivity contribution in [3.63, 3.8) is 0 Å². The topological polar surface area (TPSA) is 106 Å². The van der Waals surface area contributed by atoms with Crippen LogP contribution in [0.25, 0.3) is 11.4 Å². The zero-order valence-electron chi connectivity index (χ0n) is 18.2. The second kappa shape index (κ2) is 12.2. The molecule has 1 heterocycles. The third-order valence-corrected chi connectivity index (χ3v) is 5.49. The van der Waals surface area contributed by atoms with Gasteiger partial charge < -0.3 is 19.8 Å². The molecule has 1 aromatic carbocycles. The Morgan fingerprint density at radius 3 is 2.61 bits per heavy atom. The maximum atomic E-state index is 12.4. The van der Waals surface area contributed by atoms with Gasteiger partial charge in [0.25, 0.3) is 5.56 Å². The first-order valence-corrected chi connectivity index (χ1v) is 11.2. The largest absolute Gasteiger partial charge is 0.491 e. The van der Waals surface area contributed by atoms with E-state index in [9.17, 15) is 9.59 Å². The van der Waals surface area contributed by atoms with E-state index in [0.29, 0.717) is 31.6 Å². The highest BCUT2D eigenvalue weighted by Gasteiger charge is 2.15. The number of carbonyl (C=O) groups excluding carboxylic acids is 1. The van der Waals surface area contributed by atoms with Crippen LogP contribution in [-0.4, -0.2) is 47.5 Å². The summed E-state index contributed by atoms with van der Waals surface area (Å²) in [5.74, 6) is 1.64. The number of H-pyrrole nitrogens is 1. The third-order valence-electron chi connectivity index (χ3n) is 5.49. The van der Waals surface area contributed by atoms with E-state index in [1.165, 1.54) is 32.1 Å². The Kier molecular flexibility index (Phi) is 9.02. The van der Waals surface area contributed by atoms with Crippen molar-refractivity contribution in [1.29, 1.82) is 0 Å². The minimum atomic E-state index is -0.317. The summed E-state index contributed by atoms with van der Waals surface area (Å²) in [4.78, 5) is 27.2. The van der Waals surface area contributed by atoms with Crippen molar-refractivity contribution in [1.82, 2.24) is 20.5 Å². The molecule has 2 aromatic rings. The summed E-state index contributed by atoms with van der Waals surface area (Å²) in [7, 11) is 0. The highest BCUT2D eigenvalue weighted by molar-refractivity contribution is 5.76. The van der Waals surface area contributed by atoms with Gasteiger partial charge in [0.15, 0.2) is 5.82 Å². The molecule has 0 radical (unpaired) electrons. The average molecular weight is 429 g/mol. The maximum Gasteiger partial charge on any atom is 0.273 e. The normalized spacial score (nSPS) is 14.4. The molecule has 0 aliphatic heterocycles. The van der Waals surface area contributed by atoms with E-state index >= 15 is 0 Å². The number of aryl methyl sites for hydroxylation is 1. The Bertz CT molecular complexity index is 876. The quantitative estimate of drug-likeness (QED) is 0.533. The van der Waals surface area contributed by atoms with E-state index < -0.39 is 0 Å². The van der Waals surface area contributed by atoms with E-state index in [4.69, 9.17) is 9.47 Å². The minimum absolute atomic E-state index is 0.0456. The van der Waals surface area contributed by atoms with Crippen LogP contribution in [0.15, 0.2) is 29.1 Å². The molecule has 1 aliphatic carbocycles. The number of rotatable bonds is 11. The van der Waals surface area contributed by atoms with Gasteiger partial charge in [-0.15, -0.1) is 10.2 Å². The van der Waals surface area contributed by atoms with Crippen molar-refractivity contribution in [2.75, 3.05) is 26.4 Å². The lowest BCUT2D eigenvalue weighted by atomic mass is 9.89. The Labute approximate surface area is 182 Å². The smallest absolute Gasteiger partial charge is 0.273 e. The Hall–Kier alpha value is -2.74. The van der Waals surface area contributed by atoms with Crippen molar-refractivity contribution in [3.8, 4) is 17.1 Å². The molecule has 1 aromatic heterocycles. The van der Waals surface area contributed by atoms with Gasteiger partial charge in [-0.25, -0.2) is 0 Å². The van der Waals surface area contributed by atoms with Crippen molar-refractivity contribution in [2.24, 2.45) is 5.92 Å². The lowest BCUT2D eigenvalue weighted by molar-refractivity contribution is -0.121. The van der Waals surface area contributed by atoms with Crippen molar-refractivity contribution >= 4 is 5.91 Å². The van der Waals surface area contributed by atoms with Crippen LogP contribution in [0.3, 0.4) is 0 Å². The van der Waals surface area contributed by atoms with E-state index in [1.54, 1.807) is 0 Å². The van der Waals surface area contributed by atoms with Crippen molar-refractivity contribution < 1.29 is 14.3 Å². The predicted molar refractivity (Wildman–Crippen MR) is 118 cm³/mol. The zero-order chi connectivity index (χ0) is 21.9. The number of hydrogen-bond acceptors (Lipinski definition) is 6. The van der Waals surface area contributed by atoms with Gasteiger partial charge in [0.2, 0.25) is 5.91 Å². The van der Waals surface area contributed by atoms with Crippen LogP contribution >= 0.6 is 0 Å². The highest BCUT2D eigenvalue weighted by atomic mass is 16.5. The fourth-order valence-electron chi connectivity index (χ4n) is 3.70. The molecule has 1 amide bonds. The van der Waals surface area contributed by atoms with Gasteiger partial charge in [-0.2, -0.15) is 0 Å². The second-order valence-corrected chi connectivity index (χ2v) is 7.83. The van der Waals surface area contributed by atoms with Gasteiger partial charge in [-0.1, -0.05) is 19.3 Å². The van der Waals surface area contributed by atoms with Crippen LogP contribution in [0, 0.1) is 5.92 Å². The number of amides is 1. The molecule has 0 spiro atoms. The number of aromatic nitrogens is 3. The van der Waals surface area contributed by atoms with Crippen LogP contribution in [0.1, 0.15) is 51.1 Å². The molecule has 8 heteroatoms. The first-order valence-electron chi connectivity index (χ1n) is 11.2. The summed E-state index contributed by atoms with van der Waals surface area (Å²) >= 11 is 0. The molecule has 0 bridgehead atoms. The molecule has 0 saturated heterocycles. The maximum absolute atomic E-state index is 12.4. The van der Waals surface area contributed by atoms with E-state index in [1.807, 2.05) is 31.2 Å². The summed E-state index contributed by atoms with van der Waals surface area (Å²) in [6.07, 6.45) is 6.68. The standard InChI is InChI=1S/C23H32N4O4/c1-2-30-14-15-31-19-10-8-18(9-11-19)22-25-23(29)20(26-27-22)12-13-21(28)24-16-17-6-4-3-5-7-17/h8-11,17H,2-7,12-16H2,1H3,(H,24,28)(H,25,27,29). The van der Waals surface area contributed by atoms with Gasteiger partial charge in [-0.3, -0.25) is 9.59 Å². The van der Waals surface area contributed by atoms with Crippen LogP contribution in [0.2, 0.25) is 0 Å². The SMILES string of the molecule is CCOCCOc1ccc(-c2nnc(CCC(=O)NCC3CCCCC3)c(=O)[nH]2)cc1. The molecule has 31 heavy (non-hydrogen) atoms. The zero-order valence-corrected chi connectivity index (χ0v) is 18.2. The molecule has 0 unspecified atom stereocenters. The van der Waals surface area contributed by atoms with Gasteiger partial charge in [-0.05, 0) is 49.9 Å². The molecule has 2 N–H and O–H groups in total. The second-order valence-electron chi connectivity index (χ2n) is 7.83.